The van der Waals surface area contributed by atoms with E-state index >= 15 is 0 Å². The minimum atomic E-state index is -0.223. The SMILES string of the molecule is CCNC(=NCC(=O)NC(C)(C)C)NCCCN1CCCN(C)CC1.I. The van der Waals surface area contributed by atoms with Gasteiger partial charge in [0.15, 0.2) is 5.96 Å². The van der Waals surface area contributed by atoms with Crippen LogP contribution in [-0.2, 0) is 4.79 Å². The molecule has 0 aromatic heterocycles. The third-order valence-electron chi connectivity index (χ3n) is 4.00. The van der Waals surface area contributed by atoms with Crippen molar-refractivity contribution in [1.29, 1.82) is 0 Å². The second-order valence-electron chi connectivity index (χ2n) is 7.77. The number of halogens is 1. The van der Waals surface area contributed by atoms with Gasteiger partial charge in [0.25, 0.3) is 0 Å². The lowest BCUT2D eigenvalue weighted by atomic mass is 10.1. The van der Waals surface area contributed by atoms with E-state index in [0.29, 0.717) is 5.96 Å². The molecule has 154 valence electrons. The normalized spacial score (nSPS) is 17.2. The Kier molecular flexibility index (Phi) is 13.2. The van der Waals surface area contributed by atoms with Gasteiger partial charge in [-0.3, -0.25) is 4.79 Å². The first-order valence-corrected chi connectivity index (χ1v) is 9.54. The Hall–Kier alpha value is -0.610. The molecule has 8 heteroatoms. The summed E-state index contributed by atoms with van der Waals surface area (Å²) in [6, 6.07) is 0. The number of nitrogens with one attached hydrogen (secondary N) is 3. The molecule has 0 atom stereocenters. The van der Waals surface area contributed by atoms with Crippen LogP contribution >= 0.6 is 24.0 Å². The first-order chi connectivity index (χ1) is 11.8. The van der Waals surface area contributed by atoms with Crippen molar-refractivity contribution in [2.45, 2.75) is 46.1 Å². The molecular formula is C18H39IN6O. The van der Waals surface area contributed by atoms with E-state index < -0.39 is 0 Å². The van der Waals surface area contributed by atoms with Crippen LogP contribution in [0.3, 0.4) is 0 Å². The molecule has 7 nitrogen and oxygen atoms in total. The fourth-order valence-corrected chi connectivity index (χ4v) is 2.78. The van der Waals surface area contributed by atoms with Gasteiger partial charge in [-0.1, -0.05) is 0 Å². The maximum absolute atomic E-state index is 11.9. The lowest BCUT2D eigenvalue weighted by Gasteiger charge is -2.21. The van der Waals surface area contributed by atoms with Crippen LogP contribution < -0.4 is 16.0 Å². The zero-order chi connectivity index (χ0) is 18.7. The molecule has 0 spiro atoms. The molecule has 0 bridgehead atoms. The smallest absolute Gasteiger partial charge is 0.242 e. The molecule has 26 heavy (non-hydrogen) atoms. The van der Waals surface area contributed by atoms with Crippen LogP contribution in [0.15, 0.2) is 4.99 Å². The summed E-state index contributed by atoms with van der Waals surface area (Å²) in [6.07, 6.45) is 2.32. The molecule has 0 saturated carbocycles. The van der Waals surface area contributed by atoms with Gasteiger partial charge in [0.2, 0.25) is 5.91 Å². The number of rotatable bonds is 7. The minimum absolute atomic E-state index is 0. The van der Waals surface area contributed by atoms with E-state index in [9.17, 15) is 4.79 Å². The summed E-state index contributed by atoms with van der Waals surface area (Å²) in [4.78, 5) is 21.2. The predicted octanol–water partition coefficient (Wildman–Crippen LogP) is 1.10. The minimum Gasteiger partial charge on any atom is -0.357 e. The topological polar surface area (TPSA) is 72.0 Å². The fraction of sp³-hybridized carbons (Fsp3) is 0.889. The molecule has 0 aromatic carbocycles. The molecule has 3 N–H and O–H groups in total. The number of nitrogens with zero attached hydrogens (tertiary/aromatic N) is 3. The molecule has 1 amide bonds. The molecule has 1 fully saturated rings. The highest BCUT2D eigenvalue weighted by Gasteiger charge is 2.13. The van der Waals surface area contributed by atoms with Crippen molar-refractivity contribution in [2.24, 2.45) is 4.99 Å². The molecule has 1 aliphatic rings. The van der Waals surface area contributed by atoms with Crippen LogP contribution in [0.25, 0.3) is 0 Å². The lowest BCUT2D eigenvalue weighted by molar-refractivity contribution is -0.121. The number of hydrogen-bond acceptors (Lipinski definition) is 4. The highest BCUT2D eigenvalue weighted by Crippen LogP contribution is 2.01. The number of hydrogen-bond donors (Lipinski definition) is 3. The Bertz CT molecular complexity index is 424. The third-order valence-corrected chi connectivity index (χ3v) is 4.00. The summed E-state index contributed by atoms with van der Waals surface area (Å²) in [7, 11) is 2.19. The van der Waals surface area contributed by atoms with Crippen LogP contribution in [0.1, 0.15) is 40.5 Å². The average molecular weight is 482 g/mol. The zero-order valence-electron chi connectivity index (χ0n) is 17.2. The summed E-state index contributed by atoms with van der Waals surface area (Å²) in [5, 5.41) is 9.44. The van der Waals surface area contributed by atoms with Gasteiger partial charge in [-0.05, 0) is 67.2 Å². The Morgan fingerprint density at radius 2 is 1.85 bits per heavy atom. The fourth-order valence-electron chi connectivity index (χ4n) is 2.78. The van der Waals surface area contributed by atoms with Crippen LogP contribution in [0.4, 0.5) is 0 Å². The quantitative estimate of drug-likeness (QED) is 0.220. The Morgan fingerprint density at radius 1 is 1.12 bits per heavy atom. The molecule has 0 radical (unpaired) electrons. The van der Waals surface area contributed by atoms with E-state index in [-0.39, 0.29) is 42.0 Å². The van der Waals surface area contributed by atoms with Crippen molar-refractivity contribution in [3.63, 3.8) is 0 Å². The highest BCUT2D eigenvalue weighted by molar-refractivity contribution is 14.0. The van der Waals surface area contributed by atoms with E-state index in [1.807, 2.05) is 27.7 Å². The average Bonchev–Trinajstić information content (AvgIpc) is 2.72. The zero-order valence-corrected chi connectivity index (χ0v) is 19.6. The summed E-state index contributed by atoms with van der Waals surface area (Å²) in [6.45, 7) is 15.5. The highest BCUT2D eigenvalue weighted by atomic mass is 127. The van der Waals surface area contributed by atoms with Crippen molar-refractivity contribution in [2.75, 3.05) is 59.4 Å². The maximum Gasteiger partial charge on any atom is 0.242 e. The van der Waals surface area contributed by atoms with Gasteiger partial charge in [0.05, 0.1) is 0 Å². The number of carbonyl (C=O) groups excluding carboxylic acids is 1. The standard InChI is InChI=1S/C18H38N6O.HI/c1-6-19-17(21-15-16(25)22-18(2,3)4)20-9-7-11-24-12-8-10-23(5)13-14-24;/h6-15H2,1-5H3,(H,22,25)(H2,19,20,21);1H. The van der Waals surface area contributed by atoms with E-state index in [2.05, 4.69) is 37.8 Å². The Labute approximate surface area is 176 Å². The van der Waals surface area contributed by atoms with Crippen LogP contribution in [0, 0.1) is 0 Å². The van der Waals surface area contributed by atoms with Crippen molar-refractivity contribution in [3.8, 4) is 0 Å². The molecule has 0 unspecified atom stereocenters. The van der Waals surface area contributed by atoms with Crippen molar-refractivity contribution in [1.82, 2.24) is 25.8 Å². The number of likely N-dealkylation sites (N-methyl/N-ethyl adjacent to an activating group) is 1. The van der Waals surface area contributed by atoms with Crippen molar-refractivity contribution in [3.05, 3.63) is 0 Å². The molecule has 1 rings (SSSR count). The summed E-state index contributed by atoms with van der Waals surface area (Å²) < 4.78 is 0. The number of amides is 1. The van der Waals surface area contributed by atoms with Crippen LogP contribution in [0.5, 0.6) is 0 Å². The molecule has 0 aromatic rings. The monoisotopic (exact) mass is 482 g/mol. The second kappa shape index (κ2) is 13.5. The number of aliphatic imine (C=N–C) groups is 1. The van der Waals surface area contributed by atoms with Gasteiger partial charge in [-0.15, -0.1) is 24.0 Å². The van der Waals surface area contributed by atoms with Gasteiger partial charge in [-0.25, -0.2) is 4.99 Å². The molecular weight excluding hydrogens is 443 g/mol. The Balaban J connectivity index is 0.00000625. The summed E-state index contributed by atoms with van der Waals surface area (Å²) in [5.74, 6) is 0.653. The number of guanidine groups is 1. The molecule has 1 heterocycles. The van der Waals surface area contributed by atoms with E-state index in [1.165, 1.54) is 19.5 Å². The van der Waals surface area contributed by atoms with E-state index in [4.69, 9.17) is 0 Å². The maximum atomic E-state index is 11.9. The third kappa shape index (κ3) is 12.7. The van der Waals surface area contributed by atoms with E-state index in [1.54, 1.807) is 0 Å². The van der Waals surface area contributed by atoms with Gasteiger partial charge in [0.1, 0.15) is 6.54 Å². The molecule has 1 aliphatic heterocycles. The summed E-state index contributed by atoms with van der Waals surface area (Å²) >= 11 is 0. The van der Waals surface area contributed by atoms with Crippen LogP contribution in [-0.4, -0.2) is 86.6 Å². The molecule has 1 saturated heterocycles. The first kappa shape index (κ1) is 25.4. The largest absolute Gasteiger partial charge is 0.357 e. The summed E-state index contributed by atoms with van der Waals surface area (Å²) in [5.41, 5.74) is -0.223. The van der Waals surface area contributed by atoms with Gasteiger partial charge < -0.3 is 25.8 Å². The first-order valence-electron chi connectivity index (χ1n) is 9.54. The molecule has 0 aliphatic carbocycles. The lowest BCUT2D eigenvalue weighted by Crippen LogP contribution is -2.43. The number of carbonyl (C=O) groups is 1. The Morgan fingerprint density at radius 3 is 2.50 bits per heavy atom. The van der Waals surface area contributed by atoms with Crippen molar-refractivity contribution < 1.29 is 4.79 Å². The second-order valence-corrected chi connectivity index (χ2v) is 7.77. The van der Waals surface area contributed by atoms with Gasteiger partial charge in [-0.2, -0.15) is 0 Å². The van der Waals surface area contributed by atoms with Crippen molar-refractivity contribution >= 4 is 35.8 Å². The van der Waals surface area contributed by atoms with E-state index in [0.717, 1.165) is 39.1 Å². The predicted molar refractivity (Wildman–Crippen MR) is 120 cm³/mol. The van der Waals surface area contributed by atoms with Gasteiger partial charge >= 0.3 is 0 Å². The van der Waals surface area contributed by atoms with Crippen LogP contribution in [0.2, 0.25) is 0 Å². The van der Waals surface area contributed by atoms with Gasteiger partial charge in [0, 0.05) is 31.7 Å².